The van der Waals surface area contributed by atoms with Crippen LogP contribution in [0.4, 0.5) is 4.39 Å². The number of hydrogen-bond donors (Lipinski definition) is 2. The molecule has 1 aliphatic rings. The van der Waals surface area contributed by atoms with Gasteiger partial charge in [-0.05, 0) is 67.3 Å². The van der Waals surface area contributed by atoms with Crippen molar-refractivity contribution in [2.24, 2.45) is 5.92 Å². The van der Waals surface area contributed by atoms with Crippen LogP contribution in [0.15, 0.2) is 54.9 Å². The zero-order valence-electron chi connectivity index (χ0n) is 22.3. The maximum Gasteiger partial charge on any atom is 0.251 e. The number of halogens is 2. The van der Waals surface area contributed by atoms with Crippen molar-refractivity contribution in [3.05, 3.63) is 82.8 Å². The van der Waals surface area contributed by atoms with Crippen LogP contribution < -0.4 is 19.5 Å². The molecule has 1 fully saturated rings. The summed E-state index contributed by atoms with van der Waals surface area (Å²) in [4.78, 5) is 22.2. The SMILES string of the molecule is COc1cc(C(=O)NCC(C)(c2ccc(OC)c(-c3ccc(F)c(Cl)c3)n2)C2CC2)ccc1OCc1ncn[nH]1. The average Bonchev–Trinajstić information content (AvgIpc) is 3.71. The molecular weight excluding hydrogens is 537 g/mol. The first-order valence-electron chi connectivity index (χ1n) is 12.8. The molecule has 1 unspecified atom stereocenters. The summed E-state index contributed by atoms with van der Waals surface area (Å²) >= 11 is 6.05. The molecule has 9 nitrogen and oxygen atoms in total. The van der Waals surface area contributed by atoms with E-state index in [1.807, 2.05) is 12.1 Å². The van der Waals surface area contributed by atoms with Crippen molar-refractivity contribution < 1.29 is 23.4 Å². The van der Waals surface area contributed by atoms with Gasteiger partial charge in [0.1, 0.15) is 30.2 Å². The lowest BCUT2D eigenvalue weighted by atomic mass is 9.80. The van der Waals surface area contributed by atoms with Crippen LogP contribution in [-0.2, 0) is 12.0 Å². The Kier molecular flexibility index (Phi) is 7.88. The summed E-state index contributed by atoms with van der Waals surface area (Å²) in [5, 5.41) is 9.63. The molecule has 5 rings (SSSR count). The van der Waals surface area contributed by atoms with Gasteiger partial charge in [-0.25, -0.2) is 14.4 Å². The molecule has 208 valence electrons. The number of aromatic nitrogens is 4. The van der Waals surface area contributed by atoms with E-state index in [1.165, 1.54) is 25.6 Å². The monoisotopic (exact) mass is 565 g/mol. The third-order valence-electron chi connectivity index (χ3n) is 7.21. The van der Waals surface area contributed by atoms with Gasteiger partial charge in [0.05, 0.1) is 19.2 Å². The lowest BCUT2D eigenvalue weighted by Gasteiger charge is -2.30. The standard InChI is InChI=1S/C29H29ClFN5O4/c1-29(19-6-7-19,25-11-10-23(38-2)27(35-25)17-4-8-21(31)20(30)12-17)15-32-28(37)18-5-9-22(24(13-18)39-3)40-14-26-33-16-34-36-26/h4-5,8-13,16,19H,6-7,14-15H2,1-3H3,(H,32,37)(H,33,34,36). The van der Waals surface area contributed by atoms with E-state index in [1.54, 1.807) is 31.4 Å². The number of pyridine rings is 1. The Bertz CT molecular complexity index is 1510. The van der Waals surface area contributed by atoms with Crippen molar-refractivity contribution in [2.45, 2.75) is 31.8 Å². The van der Waals surface area contributed by atoms with Gasteiger partial charge >= 0.3 is 0 Å². The molecule has 1 atom stereocenters. The van der Waals surface area contributed by atoms with Crippen molar-refractivity contribution in [2.75, 3.05) is 20.8 Å². The molecule has 2 aromatic carbocycles. The first-order chi connectivity index (χ1) is 19.3. The maximum absolute atomic E-state index is 13.8. The third-order valence-corrected chi connectivity index (χ3v) is 7.50. The van der Waals surface area contributed by atoms with Crippen LogP contribution in [0.3, 0.4) is 0 Å². The number of carbonyl (C=O) groups is 1. The number of methoxy groups -OCH3 is 2. The van der Waals surface area contributed by atoms with E-state index in [0.29, 0.717) is 52.4 Å². The van der Waals surface area contributed by atoms with E-state index in [0.717, 1.165) is 18.5 Å². The number of amides is 1. The Morgan fingerprint density at radius 3 is 2.55 bits per heavy atom. The molecule has 0 aliphatic heterocycles. The van der Waals surface area contributed by atoms with Crippen LogP contribution in [0.1, 0.15) is 41.6 Å². The van der Waals surface area contributed by atoms with Crippen LogP contribution in [0.2, 0.25) is 5.02 Å². The molecule has 2 heterocycles. The number of aromatic amines is 1. The fourth-order valence-corrected chi connectivity index (χ4v) is 4.86. The summed E-state index contributed by atoms with van der Waals surface area (Å²) in [6.45, 7) is 2.65. The molecule has 0 bridgehead atoms. The quantitative estimate of drug-likeness (QED) is 0.252. The molecule has 11 heteroatoms. The highest BCUT2D eigenvalue weighted by molar-refractivity contribution is 6.31. The highest BCUT2D eigenvalue weighted by Gasteiger charge is 2.44. The van der Waals surface area contributed by atoms with Crippen LogP contribution in [0.25, 0.3) is 11.3 Å². The Hall–Kier alpha value is -4.18. The average molecular weight is 566 g/mol. The maximum atomic E-state index is 13.8. The van der Waals surface area contributed by atoms with E-state index >= 15 is 0 Å². The van der Waals surface area contributed by atoms with E-state index in [-0.39, 0.29) is 17.5 Å². The molecule has 1 amide bonds. The number of nitrogens with zero attached hydrogens (tertiary/aromatic N) is 3. The van der Waals surface area contributed by atoms with Gasteiger partial charge in [0, 0.05) is 28.8 Å². The molecule has 2 aromatic heterocycles. The van der Waals surface area contributed by atoms with Gasteiger partial charge in [0.2, 0.25) is 0 Å². The highest BCUT2D eigenvalue weighted by atomic mass is 35.5. The highest BCUT2D eigenvalue weighted by Crippen LogP contribution is 2.47. The Labute approximate surface area is 236 Å². The van der Waals surface area contributed by atoms with Crippen LogP contribution in [0.5, 0.6) is 17.2 Å². The van der Waals surface area contributed by atoms with E-state index in [2.05, 4.69) is 27.4 Å². The number of hydrogen-bond acceptors (Lipinski definition) is 7. The summed E-state index contributed by atoms with van der Waals surface area (Å²) in [6, 6.07) is 13.2. The second kappa shape index (κ2) is 11.5. The van der Waals surface area contributed by atoms with E-state index < -0.39 is 11.2 Å². The van der Waals surface area contributed by atoms with Gasteiger partial charge < -0.3 is 19.5 Å². The molecule has 0 radical (unpaired) electrons. The fourth-order valence-electron chi connectivity index (χ4n) is 4.68. The predicted molar refractivity (Wildman–Crippen MR) is 147 cm³/mol. The second-order valence-corrected chi connectivity index (χ2v) is 10.2. The molecule has 0 spiro atoms. The molecule has 40 heavy (non-hydrogen) atoms. The smallest absolute Gasteiger partial charge is 0.251 e. The number of benzene rings is 2. The molecule has 2 N–H and O–H groups in total. The van der Waals surface area contributed by atoms with Crippen molar-refractivity contribution in [3.63, 3.8) is 0 Å². The molecular formula is C29H29ClFN5O4. The van der Waals surface area contributed by atoms with Crippen LogP contribution >= 0.6 is 11.6 Å². The zero-order valence-corrected chi connectivity index (χ0v) is 23.1. The minimum Gasteiger partial charge on any atom is -0.494 e. The topological polar surface area (TPSA) is 111 Å². The van der Waals surface area contributed by atoms with Crippen molar-refractivity contribution in [3.8, 4) is 28.5 Å². The fraction of sp³-hybridized carbons (Fsp3) is 0.310. The minimum absolute atomic E-state index is 0.00814. The first-order valence-corrected chi connectivity index (χ1v) is 13.1. The summed E-state index contributed by atoms with van der Waals surface area (Å²) in [5.74, 6) is 1.63. The van der Waals surface area contributed by atoms with Gasteiger partial charge in [-0.1, -0.05) is 18.5 Å². The minimum atomic E-state index is -0.503. The van der Waals surface area contributed by atoms with Gasteiger partial charge in [0.25, 0.3) is 5.91 Å². The lowest BCUT2D eigenvalue weighted by Crippen LogP contribution is -2.41. The third kappa shape index (κ3) is 5.72. The molecule has 1 aliphatic carbocycles. The van der Waals surface area contributed by atoms with Crippen molar-refractivity contribution >= 4 is 17.5 Å². The number of H-pyrrole nitrogens is 1. The number of ether oxygens (including phenoxy) is 3. The number of rotatable bonds is 11. The summed E-state index contributed by atoms with van der Waals surface area (Å²) < 4.78 is 30.6. The second-order valence-electron chi connectivity index (χ2n) is 9.84. The van der Waals surface area contributed by atoms with Gasteiger partial charge in [-0.2, -0.15) is 5.10 Å². The Morgan fingerprint density at radius 1 is 1.10 bits per heavy atom. The largest absolute Gasteiger partial charge is 0.494 e. The Morgan fingerprint density at radius 2 is 1.88 bits per heavy atom. The zero-order chi connectivity index (χ0) is 28.3. The molecule has 0 saturated heterocycles. The predicted octanol–water partition coefficient (Wildman–Crippen LogP) is 5.35. The van der Waals surface area contributed by atoms with Crippen molar-refractivity contribution in [1.82, 2.24) is 25.5 Å². The summed E-state index contributed by atoms with van der Waals surface area (Å²) in [7, 11) is 3.08. The molecule has 1 saturated carbocycles. The van der Waals surface area contributed by atoms with E-state index in [4.69, 9.17) is 30.8 Å². The van der Waals surface area contributed by atoms with Crippen molar-refractivity contribution in [1.29, 1.82) is 0 Å². The van der Waals surface area contributed by atoms with Crippen LogP contribution in [-0.4, -0.2) is 46.8 Å². The van der Waals surface area contributed by atoms with Crippen LogP contribution in [0, 0.1) is 11.7 Å². The Balaban J connectivity index is 1.35. The normalized spacial score (nSPS) is 14.3. The number of nitrogens with one attached hydrogen (secondary N) is 2. The first kappa shape index (κ1) is 27.4. The molecule has 4 aromatic rings. The number of carbonyl (C=O) groups excluding carboxylic acids is 1. The summed E-state index contributed by atoms with van der Waals surface area (Å²) in [6.07, 6.45) is 3.46. The van der Waals surface area contributed by atoms with E-state index in [9.17, 15) is 9.18 Å². The summed E-state index contributed by atoms with van der Waals surface area (Å²) in [5.41, 5.74) is 2.01. The van der Waals surface area contributed by atoms with Gasteiger partial charge in [-0.15, -0.1) is 0 Å². The van der Waals surface area contributed by atoms with Gasteiger partial charge in [-0.3, -0.25) is 9.89 Å². The van der Waals surface area contributed by atoms with Gasteiger partial charge in [0.15, 0.2) is 17.3 Å². The lowest BCUT2D eigenvalue weighted by molar-refractivity contribution is 0.0941.